The summed E-state index contributed by atoms with van der Waals surface area (Å²) in [6, 6.07) is 9.95. The van der Waals surface area contributed by atoms with Gasteiger partial charge in [-0.3, -0.25) is 0 Å². The monoisotopic (exact) mass is 373 g/mol. The van der Waals surface area contributed by atoms with E-state index in [0.717, 1.165) is 23.4 Å². The van der Waals surface area contributed by atoms with Gasteiger partial charge in [-0.05, 0) is 35.9 Å². The molecule has 0 saturated carbocycles. The van der Waals surface area contributed by atoms with Gasteiger partial charge in [-0.15, -0.1) is 0 Å². The smallest absolute Gasteiger partial charge is 0.380 e. The van der Waals surface area contributed by atoms with Gasteiger partial charge in [-0.2, -0.15) is 13.2 Å². The minimum absolute atomic E-state index is 0.158. The van der Waals surface area contributed by atoms with E-state index >= 15 is 0 Å². The molecule has 2 rings (SSSR count). The summed E-state index contributed by atoms with van der Waals surface area (Å²) in [7, 11) is -0.445. The molecule has 0 spiro atoms. The molecular weight excluding hydrogens is 355 g/mol. The molecular formula is C16H18F3N3O2S. The quantitative estimate of drug-likeness (QED) is 0.845. The zero-order valence-corrected chi connectivity index (χ0v) is 14.4. The van der Waals surface area contributed by atoms with Crippen LogP contribution in [0.5, 0.6) is 0 Å². The topological polar surface area (TPSA) is 75.4 Å². The van der Waals surface area contributed by atoms with Gasteiger partial charge in [0.15, 0.2) is 0 Å². The van der Waals surface area contributed by atoms with Crippen molar-refractivity contribution < 1.29 is 21.6 Å². The van der Waals surface area contributed by atoms with Crippen LogP contribution >= 0.6 is 0 Å². The van der Waals surface area contributed by atoms with E-state index in [1.165, 1.54) is 0 Å². The molecule has 0 fully saturated rings. The van der Waals surface area contributed by atoms with E-state index in [2.05, 4.69) is 5.32 Å². The van der Waals surface area contributed by atoms with Gasteiger partial charge in [0.2, 0.25) is 10.0 Å². The molecule has 0 atom stereocenters. The molecule has 9 heteroatoms. The number of primary sulfonamides is 1. The lowest BCUT2D eigenvalue weighted by Gasteiger charge is -2.16. The third-order valence-corrected chi connectivity index (χ3v) is 4.47. The summed E-state index contributed by atoms with van der Waals surface area (Å²) in [4.78, 5) is 1.33. The van der Waals surface area contributed by atoms with Crippen molar-refractivity contribution in [2.24, 2.45) is 5.14 Å². The van der Waals surface area contributed by atoms with Gasteiger partial charge in [0.05, 0.1) is 10.5 Å². The fourth-order valence-corrected chi connectivity index (χ4v) is 2.74. The molecule has 5 nitrogen and oxygen atoms in total. The first-order valence-electron chi connectivity index (χ1n) is 7.22. The lowest BCUT2D eigenvalue weighted by molar-refractivity contribution is -0.137. The second-order valence-corrected chi connectivity index (χ2v) is 7.23. The van der Waals surface area contributed by atoms with E-state index in [0.29, 0.717) is 6.07 Å². The Morgan fingerprint density at radius 2 is 1.68 bits per heavy atom. The van der Waals surface area contributed by atoms with Crippen molar-refractivity contribution in [3.8, 4) is 0 Å². The van der Waals surface area contributed by atoms with Gasteiger partial charge in [-0.25, -0.2) is 13.6 Å². The number of alkyl halides is 3. The van der Waals surface area contributed by atoms with Crippen LogP contribution in [-0.4, -0.2) is 22.5 Å². The maximum absolute atomic E-state index is 13.2. The Bertz CT molecular complexity index is 848. The lowest BCUT2D eigenvalue weighted by atomic mass is 10.1. The number of nitrogens with one attached hydrogen (secondary N) is 1. The highest BCUT2D eigenvalue weighted by Crippen LogP contribution is 2.36. The van der Waals surface area contributed by atoms with Crippen LogP contribution in [-0.2, 0) is 22.7 Å². The highest BCUT2D eigenvalue weighted by molar-refractivity contribution is 7.89. The average molecular weight is 373 g/mol. The van der Waals surface area contributed by atoms with Gasteiger partial charge in [0, 0.05) is 32.0 Å². The van der Waals surface area contributed by atoms with Crippen molar-refractivity contribution >= 4 is 21.4 Å². The first-order valence-corrected chi connectivity index (χ1v) is 8.77. The molecule has 0 bridgehead atoms. The van der Waals surface area contributed by atoms with Crippen molar-refractivity contribution in [1.29, 1.82) is 0 Å². The van der Waals surface area contributed by atoms with E-state index in [4.69, 9.17) is 5.14 Å². The van der Waals surface area contributed by atoms with E-state index in [-0.39, 0.29) is 12.2 Å². The zero-order chi connectivity index (χ0) is 18.8. The van der Waals surface area contributed by atoms with Crippen molar-refractivity contribution in [3.63, 3.8) is 0 Å². The van der Waals surface area contributed by atoms with Gasteiger partial charge in [-0.1, -0.05) is 12.1 Å². The first-order chi connectivity index (χ1) is 11.5. The van der Waals surface area contributed by atoms with E-state index in [1.54, 1.807) is 12.1 Å². The summed E-state index contributed by atoms with van der Waals surface area (Å²) in [6.45, 7) is 0.158. The molecule has 0 heterocycles. The number of sulfonamides is 1. The maximum Gasteiger partial charge on any atom is 0.418 e. The Balaban J connectivity index is 2.26. The van der Waals surface area contributed by atoms with Crippen LogP contribution < -0.4 is 15.4 Å². The summed E-state index contributed by atoms with van der Waals surface area (Å²) < 4.78 is 62.2. The Labute approximate surface area is 144 Å². The van der Waals surface area contributed by atoms with Crippen LogP contribution in [0.3, 0.4) is 0 Å². The third kappa shape index (κ3) is 4.86. The predicted octanol–water partition coefficient (Wildman–Crippen LogP) is 3.03. The number of hydrogen-bond donors (Lipinski definition) is 2. The van der Waals surface area contributed by atoms with Crippen LogP contribution in [0.15, 0.2) is 47.4 Å². The summed E-state index contributed by atoms with van der Waals surface area (Å²) in [6.07, 6.45) is -4.71. The van der Waals surface area contributed by atoms with Gasteiger partial charge >= 0.3 is 6.18 Å². The van der Waals surface area contributed by atoms with Crippen molar-refractivity contribution in [2.45, 2.75) is 17.6 Å². The summed E-state index contributed by atoms with van der Waals surface area (Å²) in [5.74, 6) is 0. The number of anilines is 2. The minimum Gasteiger partial charge on any atom is -0.380 e. The van der Waals surface area contributed by atoms with Crippen LogP contribution in [0.4, 0.5) is 24.5 Å². The van der Waals surface area contributed by atoms with Crippen molar-refractivity contribution in [3.05, 3.63) is 53.6 Å². The largest absolute Gasteiger partial charge is 0.418 e. The van der Waals surface area contributed by atoms with Gasteiger partial charge in [0.25, 0.3) is 0 Å². The first kappa shape index (κ1) is 19.1. The number of nitrogens with two attached hydrogens (primary N) is 1. The summed E-state index contributed by atoms with van der Waals surface area (Å²) >= 11 is 0. The van der Waals surface area contributed by atoms with Gasteiger partial charge < -0.3 is 10.2 Å². The van der Waals surface area contributed by atoms with E-state index < -0.39 is 26.7 Å². The van der Waals surface area contributed by atoms with Gasteiger partial charge in [0.1, 0.15) is 0 Å². The third-order valence-electron chi connectivity index (χ3n) is 3.56. The van der Waals surface area contributed by atoms with Crippen molar-refractivity contribution in [1.82, 2.24) is 0 Å². The normalized spacial score (nSPS) is 12.1. The number of rotatable bonds is 5. The van der Waals surface area contributed by atoms with E-state index in [1.807, 2.05) is 31.1 Å². The molecule has 0 amide bonds. The Morgan fingerprint density at radius 3 is 2.16 bits per heavy atom. The Morgan fingerprint density at radius 1 is 1.08 bits per heavy atom. The molecule has 0 aliphatic carbocycles. The Kier molecular flexibility index (Phi) is 5.28. The average Bonchev–Trinajstić information content (AvgIpc) is 2.51. The zero-order valence-electron chi connectivity index (χ0n) is 13.6. The highest BCUT2D eigenvalue weighted by atomic mass is 32.2. The fraction of sp³-hybridized carbons (Fsp3) is 0.250. The molecule has 3 N–H and O–H groups in total. The SMILES string of the molecule is CN(C)c1ccc(CNc2ccc(S(N)(=O)=O)cc2C(F)(F)F)cc1. The van der Waals surface area contributed by atoms with Crippen LogP contribution in [0.25, 0.3) is 0 Å². The number of halogens is 3. The molecule has 0 radical (unpaired) electrons. The second kappa shape index (κ2) is 6.93. The van der Waals surface area contributed by atoms with Crippen LogP contribution in [0.2, 0.25) is 0 Å². The number of hydrogen-bond acceptors (Lipinski definition) is 4. The van der Waals surface area contributed by atoms with Crippen molar-refractivity contribution in [2.75, 3.05) is 24.3 Å². The molecule has 0 aromatic heterocycles. The molecule has 2 aromatic rings. The number of nitrogens with zero attached hydrogens (tertiary/aromatic N) is 1. The second-order valence-electron chi connectivity index (χ2n) is 5.66. The molecule has 0 aliphatic heterocycles. The molecule has 136 valence electrons. The van der Waals surface area contributed by atoms with E-state index in [9.17, 15) is 21.6 Å². The predicted molar refractivity (Wildman–Crippen MR) is 90.9 cm³/mol. The Hall–Kier alpha value is -2.26. The summed E-state index contributed by atoms with van der Waals surface area (Å²) in [5, 5.41) is 7.60. The van der Waals surface area contributed by atoms with Crippen LogP contribution in [0.1, 0.15) is 11.1 Å². The minimum atomic E-state index is -4.71. The number of benzene rings is 2. The highest BCUT2D eigenvalue weighted by Gasteiger charge is 2.34. The fourth-order valence-electron chi connectivity index (χ4n) is 2.20. The maximum atomic E-state index is 13.2. The molecule has 0 saturated heterocycles. The summed E-state index contributed by atoms with van der Waals surface area (Å²) in [5.41, 5.74) is 0.465. The molecule has 25 heavy (non-hydrogen) atoms. The molecule has 0 aliphatic rings. The standard InChI is InChI=1S/C16H18F3N3O2S/c1-22(2)12-5-3-11(4-6-12)10-21-15-8-7-13(25(20,23)24)9-14(15)16(17,18)19/h3-9,21H,10H2,1-2H3,(H2,20,23,24). The molecule has 2 aromatic carbocycles. The van der Waals surface area contributed by atoms with Crippen LogP contribution in [0, 0.1) is 0 Å². The molecule has 0 unspecified atom stereocenters. The lowest BCUT2D eigenvalue weighted by Crippen LogP contribution is -2.16.